The predicted octanol–water partition coefficient (Wildman–Crippen LogP) is 3.23. The van der Waals surface area contributed by atoms with Crippen LogP contribution in [0.5, 0.6) is 5.75 Å². The maximum absolute atomic E-state index is 13.8. The van der Waals surface area contributed by atoms with Gasteiger partial charge in [-0.1, -0.05) is 19.1 Å². The summed E-state index contributed by atoms with van der Waals surface area (Å²) in [6.45, 7) is 2.44. The van der Waals surface area contributed by atoms with Crippen LogP contribution in [0.25, 0.3) is 0 Å². The minimum Gasteiger partial charge on any atom is -0.507 e. The van der Waals surface area contributed by atoms with Gasteiger partial charge >= 0.3 is 0 Å². The Hall–Kier alpha value is -2.63. The lowest BCUT2D eigenvalue weighted by molar-refractivity contribution is 0.102. The van der Waals surface area contributed by atoms with Crippen LogP contribution < -0.4 is 10.9 Å². The summed E-state index contributed by atoms with van der Waals surface area (Å²) >= 11 is 0. The number of amides is 1. The van der Waals surface area contributed by atoms with E-state index in [1.165, 1.54) is 18.2 Å². The first-order valence-corrected chi connectivity index (χ1v) is 8.58. The number of aromatic hydroxyl groups is 1. The highest BCUT2D eigenvalue weighted by Crippen LogP contribution is 2.30. The number of benzene rings is 1. The number of halogens is 1. The van der Waals surface area contributed by atoms with E-state index in [1.54, 1.807) is 10.6 Å². The third-order valence-electron chi connectivity index (χ3n) is 4.54. The number of hydrogen-bond donors (Lipinski definition) is 2. The molecule has 0 spiro atoms. The summed E-state index contributed by atoms with van der Waals surface area (Å²) in [6.07, 6.45) is 3.94. The first-order valence-electron chi connectivity index (χ1n) is 8.58. The molecule has 0 aliphatic heterocycles. The molecule has 3 rings (SSSR count). The summed E-state index contributed by atoms with van der Waals surface area (Å²) in [5.74, 6) is -1.64. The van der Waals surface area contributed by atoms with Gasteiger partial charge in [-0.25, -0.2) is 4.39 Å². The Labute approximate surface area is 145 Å². The Morgan fingerprint density at radius 2 is 2.00 bits per heavy atom. The average Bonchev–Trinajstić information content (AvgIpc) is 2.61. The molecule has 0 saturated heterocycles. The molecule has 132 valence electrons. The SMILES string of the molecule is CCCn1c2c(c(O)c(C(=O)Nc3ccccc3F)c1=O)CCCC2. The molecule has 2 N–H and O–H groups in total. The zero-order valence-electron chi connectivity index (χ0n) is 14.1. The van der Waals surface area contributed by atoms with Crippen molar-refractivity contribution in [2.24, 2.45) is 0 Å². The number of anilines is 1. The minimum absolute atomic E-state index is 0.0222. The van der Waals surface area contributed by atoms with Crippen LogP contribution >= 0.6 is 0 Å². The van der Waals surface area contributed by atoms with Crippen LogP contribution in [-0.2, 0) is 19.4 Å². The standard InChI is InChI=1S/C19H21FN2O3/c1-2-11-22-15-10-6-3-7-12(15)17(23)16(19(22)25)18(24)21-14-9-5-4-8-13(14)20/h4-5,8-9,23H,2-3,6-7,10-11H2,1H3,(H,21,24). The number of pyridine rings is 1. The van der Waals surface area contributed by atoms with Crippen molar-refractivity contribution in [3.8, 4) is 5.75 Å². The summed E-state index contributed by atoms with van der Waals surface area (Å²) < 4.78 is 15.4. The molecule has 0 fully saturated rings. The zero-order valence-corrected chi connectivity index (χ0v) is 14.1. The van der Waals surface area contributed by atoms with Gasteiger partial charge in [0, 0.05) is 17.8 Å². The molecule has 6 heteroatoms. The molecule has 2 aromatic rings. The number of aromatic nitrogens is 1. The molecular weight excluding hydrogens is 323 g/mol. The number of para-hydroxylation sites is 1. The topological polar surface area (TPSA) is 71.3 Å². The van der Waals surface area contributed by atoms with Gasteiger partial charge in [-0.2, -0.15) is 0 Å². The molecule has 1 aliphatic carbocycles. The molecule has 0 radical (unpaired) electrons. The van der Waals surface area contributed by atoms with Crippen molar-refractivity contribution in [2.75, 3.05) is 5.32 Å². The van der Waals surface area contributed by atoms with E-state index in [1.807, 2.05) is 6.92 Å². The fraction of sp³-hybridized carbons (Fsp3) is 0.368. The molecule has 0 bridgehead atoms. The Morgan fingerprint density at radius 3 is 2.72 bits per heavy atom. The molecule has 0 atom stereocenters. The van der Waals surface area contributed by atoms with E-state index in [4.69, 9.17) is 0 Å². The Morgan fingerprint density at radius 1 is 1.28 bits per heavy atom. The van der Waals surface area contributed by atoms with E-state index in [2.05, 4.69) is 5.32 Å². The number of nitrogens with zero attached hydrogens (tertiary/aromatic N) is 1. The summed E-state index contributed by atoms with van der Waals surface area (Å²) in [6, 6.07) is 5.72. The van der Waals surface area contributed by atoms with Crippen molar-refractivity contribution >= 4 is 11.6 Å². The fourth-order valence-electron chi connectivity index (χ4n) is 3.36. The van der Waals surface area contributed by atoms with Crippen LogP contribution in [-0.4, -0.2) is 15.6 Å². The number of nitrogens with one attached hydrogen (secondary N) is 1. The predicted molar refractivity (Wildman–Crippen MR) is 93.7 cm³/mol. The van der Waals surface area contributed by atoms with Gasteiger partial charge in [0.05, 0.1) is 5.69 Å². The molecule has 0 unspecified atom stereocenters. The third kappa shape index (κ3) is 3.16. The van der Waals surface area contributed by atoms with Crippen molar-refractivity contribution in [3.63, 3.8) is 0 Å². The maximum atomic E-state index is 13.8. The van der Waals surface area contributed by atoms with E-state index >= 15 is 0 Å². The van der Waals surface area contributed by atoms with E-state index in [0.717, 1.165) is 25.0 Å². The Bertz CT molecular complexity index is 874. The lowest BCUT2D eigenvalue weighted by Crippen LogP contribution is -2.33. The number of rotatable bonds is 4. The average molecular weight is 344 g/mol. The first-order chi connectivity index (χ1) is 12.0. The molecule has 0 saturated carbocycles. The highest BCUT2D eigenvalue weighted by molar-refractivity contribution is 6.06. The van der Waals surface area contributed by atoms with Gasteiger partial charge in [-0.3, -0.25) is 9.59 Å². The van der Waals surface area contributed by atoms with Gasteiger partial charge in [-0.05, 0) is 44.2 Å². The highest BCUT2D eigenvalue weighted by Gasteiger charge is 2.27. The molecule has 1 aliphatic rings. The van der Waals surface area contributed by atoms with Crippen molar-refractivity contribution in [1.82, 2.24) is 4.57 Å². The van der Waals surface area contributed by atoms with Gasteiger partial charge < -0.3 is 15.0 Å². The molecule has 1 aromatic heterocycles. The summed E-state index contributed by atoms with van der Waals surface area (Å²) in [5.41, 5.74) is 0.633. The lowest BCUT2D eigenvalue weighted by atomic mass is 9.93. The number of carbonyl (C=O) groups excluding carboxylic acids is 1. The summed E-state index contributed by atoms with van der Waals surface area (Å²) in [7, 11) is 0. The summed E-state index contributed by atoms with van der Waals surface area (Å²) in [4.78, 5) is 25.4. The van der Waals surface area contributed by atoms with Crippen LogP contribution in [0.3, 0.4) is 0 Å². The second kappa shape index (κ2) is 7.09. The smallest absolute Gasteiger partial charge is 0.267 e. The van der Waals surface area contributed by atoms with E-state index in [0.29, 0.717) is 24.9 Å². The quantitative estimate of drug-likeness (QED) is 0.894. The Balaban J connectivity index is 2.09. The normalized spacial score (nSPS) is 13.4. The van der Waals surface area contributed by atoms with Crippen molar-refractivity contribution in [1.29, 1.82) is 0 Å². The third-order valence-corrected chi connectivity index (χ3v) is 4.54. The Kier molecular flexibility index (Phi) is 4.88. The first kappa shape index (κ1) is 17.2. The number of hydrogen-bond acceptors (Lipinski definition) is 3. The van der Waals surface area contributed by atoms with Gasteiger partial charge in [0.1, 0.15) is 17.1 Å². The van der Waals surface area contributed by atoms with Gasteiger partial charge in [0.25, 0.3) is 11.5 Å². The zero-order chi connectivity index (χ0) is 18.0. The van der Waals surface area contributed by atoms with Crippen molar-refractivity contribution in [2.45, 2.75) is 45.6 Å². The van der Waals surface area contributed by atoms with E-state index in [-0.39, 0.29) is 17.0 Å². The van der Waals surface area contributed by atoms with Crippen molar-refractivity contribution < 1.29 is 14.3 Å². The van der Waals surface area contributed by atoms with Gasteiger partial charge in [-0.15, -0.1) is 0 Å². The second-order valence-corrected chi connectivity index (χ2v) is 6.25. The van der Waals surface area contributed by atoms with Crippen LogP contribution in [0.15, 0.2) is 29.1 Å². The fourth-order valence-corrected chi connectivity index (χ4v) is 3.36. The number of carbonyl (C=O) groups is 1. The van der Waals surface area contributed by atoms with E-state index < -0.39 is 17.3 Å². The second-order valence-electron chi connectivity index (χ2n) is 6.25. The lowest BCUT2D eigenvalue weighted by Gasteiger charge is -2.23. The monoisotopic (exact) mass is 344 g/mol. The van der Waals surface area contributed by atoms with Crippen LogP contribution in [0.2, 0.25) is 0 Å². The van der Waals surface area contributed by atoms with Crippen LogP contribution in [0, 0.1) is 5.82 Å². The van der Waals surface area contributed by atoms with Crippen LogP contribution in [0.1, 0.15) is 47.8 Å². The number of fused-ring (bicyclic) bond motifs is 1. The molecular formula is C19H21FN2O3. The van der Waals surface area contributed by atoms with Gasteiger partial charge in [0.2, 0.25) is 0 Å². The minimum atomic E-state index is -0.786. The maximum Gasteiger partial charge on any atom is 0.267 e. The van der Waals surface area contributed by atoms with Crippen molar-refractivity contribution in [3.05, 3.63) is 57.3 Å². The summed E-state index contributed by atoms with van der Waals surface area (Å²) in [5, 5.41) is 13.0. The largest absolute Gasteiger partial charge is 0.507 e. The molecule has 1 heterocycles. The van der Waals surface area contributed by atoms with Crippen LogP contribution in [0.4, 0.5) is 10.1 Å². The molecule has 1 amide bonds. The molecule has 5 nitrogen and oxygen atoms in total. The molecule has 25 heavy (non-hydrogen) atoms. The highest BCUT2D eigenvalue weighted by atomic mass is 19.1. The molecule has 1 aromatic carbocycles. The van der Waals surface area contributed by atoms with Gasteiger partial charge in [0.15, 0.2) is 0 Å². The van der Waals surface area contributed by atoms with E-state index in [9.17, 15) is 19.1 Å².